The summed E-state index contributed by atoms with van der Waals surface area (Å²) in [4.78, 5) is 0. The van der Waals surface area contributed by atoms with Gasteiger partial charge >= 0.3 is 6.08 Å². The molecule has 0 saturated carbocycles. The summed E-state index contributed by atoms with van der Waals surface area (Å²) in [6.07, 6.45) is -2.31. The van der Waals surface area contributed by atoms with Crippen LogP contribution >= 0.6 is 7.05 Å². The van der Waals surface area contributed by atoms with Gasteiger partial charge in [0.2, 0.25) is 5.57 Å². The topological polar surface area (TPSA) is 12.4 Å². The second kappa shape index (κ2) is 6.76. The average molecular weight is 337 g/mol. The molecule has 2 rings (SSSR count). The molecule has 5 heteroatoms. The van der Waals surface area contributed by atoms with Gasteiger partial charge in [0.25, 0.3) is 0 Å². The molecule has 0 saturated heterocycles. The highest BCUT2D eigenvalue weighted by atomic mass is 31.2. The van der Waals surface area contributed by atoms with E-state index < -0.39 is 24.2 Å². The summed E-state index contributed by atoms with van der Waals surface area (Å²) in [5, 5.41) is 0.956. The largest absolute Gasteiger partial charge is 0.308 e. The molecule has 0 N–H and O–H groups in total. The van der Waals surface area contributed by atoms with Crippen LogP contribution < -0.4 is 10.6 Å². The van der Waals surface area contributed by atoms with Crippen LogP contribution in [0.3, 0.4) is 0 Å². The Hall–Kier alpha value is -1.80. The van der Waals surface area contributed by atoms with Gasteiger partial charge in [-0.1, -0.05) is 60.7 Å². The van der Waals surface area contributed by atoms with Crippen molar-refractivity contribution in [1.82, 2.24) is 0 Å². The Labute approximate surface area is 134 Å². The SMILES string of the molecule is CC(C)(C)N=P(C(F)=C(F)F)(c1ccccc1)c1ccccc1. The van der Waals surface area contributed by atoms with Crippen LogP contribution in [-0.2, 0) is 0 Å². The van der Waals surface area contributed by atoms with Crippen molar-refractivity contribution in [3.8, 4) is 0 Å². The Kier molecular flexibility index (Phi) is 5.16. The fourth-order valence-corrected chi connectivity index (χ4v) is 5.82. The smallest absolute Gasteiger partial charge is 0.281 e. The number of nitrogens with zero attached hydrogens (tertiary/aromatic N) is 1. The lowest BCUT2D eigenvalue weighted by molar-refractivity contribution is 0.393. The van der Waals surface area contributed by atoms with E-state index in [0.717, 1.165) is 0 Å². The summed E-state index contributed by atoms with van der Waals surface area (Å²) in [5.74, 6) is 0. The van der Waals surface area contributed by atoms with Gasteiger partial charge in [0.15, 0.2) is 0 Å². The van der Waals surface area contributed by atoms with E-state index in [1.807, 2.05) is 0 Å². The Balaban J connectivity index is 2.98. The second-order valence-corrected chi connectivity index (χ2v) is 9.02. The van der Waals surface area contributed by atoms with Crippen molar-refractivity contribution < 1.29 is 13.2 Å². The molecule has 0 fully saturated rings. The van der Waals surface area contributed by atoms with E-state index in [9.17, 15) is 13.2 Å². The van der Waals surface area contributed by atoms with Crippen LogP contribution in [0.5, 0.6) is 0 Å². The molecule has 0 aliphatic carbocycles. The van der Waals surface area contributed by atoms with E-state index in [4.69, 9.17) is 0 Å². The zero-order valence-electron chi connectivity index (χ0n) is 13.3. The van der Waals surface area contributed by atoms with E-state index in [2.05, 4.69) is 4.74 Å². The minimum Gasteiger partial charge on any atom is -0.281 e. The molecule has 0 aromatic heterocycles. The highest BCUT2D eigenvalue weighted by Crippen LogP contribution is 2.58. The zero-order valence-corrected chi connectivity index (χ0v) is 14.2. The van der Waals surface area contributed by atoms with E-state index in [1.165, 1.54) is 0 Å². The molecule has 0 aliphatic rings. The van der Waals surface area contributed by atoms with Gasteiger partial charge in [-0.2, -0.15) is 13.2 Å². The lowest BCUT2D eigenvalue weighted by Gasteiger charge is -2.28. The summed E-state index contributed by atoms with van der Waals surface area (Å²) in [7, 11) is -3.38. The van der Waals surface area contributed by atoms with Gasteiger partial charge in [0, 0.05) is 10.6 Å². The van der Waals surface area contributed by atoms with E-state index in [-0.39, 0.29) is 0 Å². The van der Waals surface area contributed by atoms with Gasteiger partial charge in [0.1, 0.15) is 0 Å². The molecule has 1 nitrogen and oxygen atoms in total. The van der Waals surface area contributed by atoms with Crippen LogP contribution in [0, 0.1) is 0 Å². The van der Waals surface area contributed by atoms with E-state index in [0.29, 0.717) is 10.6 Å². The van der Waals surface area contributed by atoms with Gasteiger partial charge in [0.05, 0.1) is 12.6 Å². The Morgan fingerprint density at radius 3 is 1.48 bits per heavy atom. The molecule has 23 heavy (non-hydrogen) atoms. The maximum Gasteiger partial charge on any atom is 0.308 e. The molecule has 0 heterocycles. The van der Waals surface area contributed by atoms with Crippen LogP contribution in [0.4, 0.5) is 13.2 Å². The molecule has 2 aromatic carbocycles. The van der Waals surface area contributed by atoms with Gasteiger partial charge in [-0.15, -0.1) is 0 Å². The first-order valence-electron chi connectivity index (χ1n) is 7.23. The predicted octanol–water partition coefficient (Wildman–Crippen LogP) is 5.67. The van der Waals surface area contributed by atoms with Crippen molar-refractivity contribution in [3.63, 3.8) is 0 Å². The molecule has 0 radical (unpaired) electrons. The van der Waals surface area contributed by atoms with Gasteiger partial charge < -0.3 is 0 Å². The van der Waals surface area contributed by atoms with E-state index >= 15 is 0 Å². The van der Waals surface area contributed by atoms with Crippen molar-refractivity contribution in [2.24, 2.45) is 4.74 Å². The van der Waals surface area contributed by atoms with Crippen molar-refractivity contribution >= 4 is 17.7 Å². The summed E-state index contributed by atoms with van der Waals surface area (Å²) < 4.78 is 46.1. The third-order valence-corrected chi connectivity index (χ3v) is 6.88. The van der Waals surface area contributed by atoms with Crippen LogP contribution in [0.1, 0.15) is 20.8 Å². The van der Waals surface area contributed by atoms with Crippen LogP contribution in [-0.4, -0.2) is 5.54 Å². The Bertz CT molecular complexity index is 699. The highest BCUT2D eigenvalue weighted by Gasteiger charge is 2.35. The third kappa shape index (κ3) is 3.76. The number of benzene rings is 2. The summed E-state index contributed by atoms with van der Waals surface area (Å²) in [6, 6.07) is 17.1. The standard InChI is InChI=1S/C18H19F3NP/c1-18(2,3)22-23(17(21)16(19)20,14-10-6-4-7-11-14)15-12-8-5-9-13-15/h4-13H,1-3H3. The average Bonchev–Trinajstić information content (AvgIpc) is 2.52. The second-order valence-electron chi connectivity index (χ2n) is 6.13. The fourth-order valence-electron chi connectivity index (χ4n) is 2.39. The van der Waals surface area contributed by atoms with Crippen LogP contribution in [0.2, 0.25) is 0 Å². The predicted molar refractivity (Wildman–Crippen MR) is 91.6 cm³/mol. The lowest BCUT2D eigenvalue weighted by atomic mass is 10.1. The molecule has 0 atom stereocenters. The zero-order chi connectivity index (χ0) is 17.1. The van der Waals surface area contributed by atoms with Crippen molar-refractivity contribution in [2.75, 3.05) is 0 Å². The molecule has 2 aromatic rings. The summed E-state index contributed by atoms with van der Waals surface area (Å²) in [6.45, 7) is 5.37. The lowest BCUT2D eigenvalue weighted by Crippen LogP contribution is -2.21. The fraction of sp³-hybridized carbons (Fsp3) is 0.222. The van der Waals surface area contributed by atoms with Gasteiger partial charge in [-0.3, -0.25) is 4.74 Å². The minimum atomic E-state index is -3.38. The molecule has 0 spiro atoms. The maximum atomic E-state index is 14.8. The maximum absolute atomic E-state index is 14.8. The molecular weight excluding hydrogens is 318 g/mol. The first-order chi connectivity index (χ1) is 10.8. The van der Waals surface area contributed by atoms with Crippen LogP contribution in [0.15, 0.2) is 77.1 Å². The summed E-state index contributed by atoms with van der Waals surface area (Å²) in [5.41, 5.74) is -2.10. The number of hydrogen-bond donors (Lipinski definition) is 0. The van der Waals surface area contributed by atoms with Crippen LogP contribution in [0.25, 0.3) is 0 Å². The highest BCUT2D eigenvalue weighted by molar-refractivity contribution is 7.84. The first kappa shape index (κ1) is 17.6. The normalized spacial score (nSPS) is 11.9. The van der Waals surface area contributed by atoms with E-state index in [1.54, 1.807) is 81.4 Å². The summed E-state index contributed by atoms with van der Waals surface area (Å²) >= 11 is 0. The number of hydrogen-bond acceptors (Lipinski definition) is 1. The van der Waals surface area contributed by atoms with Crippen molar-refractivity contribution in [1.29, 1.82) is 0 Å². The monoisotopic (exact) mass is 337 g/mol. The Morgan fingerprint density at radius 1 is 0.783 bits per heavy atom. The molecule has 0 amide bonds. The minimum absolute atomic E-state index is 0.478. The molecule has 0 aliphatic heterocycles. The molecule has 0 bridgehead atoms. The third-order valence-electron chi connectivity index (χ3n) is 3.15. The molecule has 122 valence electrons. The number of halogens is 3. The Morgan fingerprint density at radius 2 is 1.17 bits per heavy atom. The first-order valence-corrected chi connectivity index (χ1v) is 8.97. The quantitative estimate of drug-likeness (QED) is 0.640. The molecule has 0 unspecified atom stereocenters. The van der Waals surface area contributed by atoms with Crippen molar-refractivity contribution in [2.45, 2.75) is 26.3 Å². The number of rotatable bonds is 3. The molecular formula is C18H19F3NP. The van der Waals surface area contributed by atoms with Gasteiger partial charge in [-0.25, -0.2) is 0 Å². The van der Waals surface area contributed by atoms with Gasteiger partial charge in [-0.05, 0) is 20.8 Å². The van der Waals surface area contributed by atoms with Crippen molar-refractivity contribution in [3.05, 3.63) is 72.3 Å².